The lowest BCUT2D eigenvalue weighted by molar-refractivity contribution is -0.127. The molecule has 0 amide bonds. The van der Waals surface area contributed by atoms with Crippen molar-refractivity contribution < 1.29 is 0 Å². The SMILES string of the molecule is CC(Br)C12CC3(C)CC(C)(CC(Br)(C3)C1)C2. The first-order valence-electron chi connectivity index (χ1n) is 6.52. The first kappa shape index (κ1) is 12.0. The van der Waals surface area contributed by atoms with Crippen LogP contribution >= 0.6 is 31.9 Å². The van der Waals surface area contributed by atoms with Crippen molar-refractivity contribution in [2.75, 3.05) is 0 Å². The van der Waals surface area contributed by atoms with Gasteiger partial charge in [0.1, 0.15) is 0 Å². The molecular formula is C14H22Br2. The summed E-state index contributed by atoms with van der Waals surface area (Å²) in [6.45, 7) is 7.43. The average Bonchev–Trinajstić information content (AvgIpc) is 1.92. The van der Waals surface area contributed by atoms with Crippen LogP contribution in [0.25, 0.3) is 0 Å². The minimum Gasteiger partial charge on any atom is -0.0888 e. The summed E-state index contributed by atoms with van der Waals surface area (Å²) in [7, 11) is 0. The van der Waals surface area contributed by atoms with Crippen molar-refractivity contribution in [3.05, 3.63) is 0 Å². The van der Waals surface area contributed by atoms with Gasteiger partial charge in [-0.05, 0) is 54.8 Å². The van der Waals surface area contributed by atoms with Crippen LogP contribution in [0.4, 0.5) is 0 Å². The highest BCUT2D eigenvalue weighted by atomic mass is 79.9. The van der Waals surface area contributed by atoms with Gasteiger partial charge in [-0.15, -0.1) is 0 Å². The van der Waals surface area contributed by atoms with Gasteiger partial charge >= 0.3 is 0 Å². The van der Waals surface area contributed by atoms with Crippen LogP contribution in [0.1, 0.15) is 59.3 Å². The maximum absolute atomic E-state index is 4.11. The molecule has 2 heteroatoms. The summed E-state index contributed by atoms with van der Waals surface area (Å²) in [5.74, 6) is 0. The average molecular weight is 350 g/mol. The Morgan fingerprint density at radius 3 is 1.75 bits per heavy atom. The van der Waals surface area contributed by atoms with Crippen LogP contribution in [0.15, 0.2) is 0 Å². The van der Waals surface area contributed by atoms with Crippen molar-refractivity contribution in [2.45, 2.75) is 68.4 Å². The topological polar surface area (TPSA) is 0 Å². The van der Waals surface area contributed by atoms with E-state index >= 15 is 0 Å². The van der Waals surface area contributed by atoms with Crippen LogP contribution in [-0.4, -0.2) is 9.15 Å². The third kappa shape index (κ3) is 1.58. The summed E-state index contributed by atoms with van der Waals surface area (Å²) in [5, 5.41) is 0. The van der Waals surface area contributed by atoms with E-state index in [0.29, 0.717) is 25.4 Å². The minimum absolute atomic E-state index is 0.452. The third-order valence-corrected chi connectivity index (χ3v) is 7.22. The summed E-state index contributed by atoms with van der Waals surface area (Å²) in [4.78, 5) is 0.663. The first-order chi connectivity index (χ1) is 7.19. The van der Waals surface area contributed by atoms with Gasteiger partial charge in [-0.2, -0.15) is 0 Å². The van der Waals surface area contributed by atoms with Crippen LogP contribution in [-0.2, 0) is 0 Å². The van der Waals surface area contributed by atoms with Crippen LogP contribution in [0, 0.1) is 16.2 Å². The lowest BCUT2D eigenvalue weighted by Crippen LogP contribution is -2.62. The molecule has 0 heterocycles. The second kappa shape index (κ2) is 3.10. The molecule has 0 N–H and O–H groups in total. The van der Waals surface area contributed by atoms with Crippen LogP contribution in [0.2, 0.25) is 0 Å². The molecule has 0 aliphatic heterocycles. The summed E-state index contributed by atoms with van der Waals surface area (Å²) in [6, 6.07) is 0. The summed E-state index contributed by atoms with van der Waals surface area (Å²) >= 11 is 8.02. The Morgan fingerprint density at radius 2 is 1.38 bits per heavy atom. The van der Waals surface area contributed by atoms with Gasteiger partial charge in [0.25, 0.3) is 0 Å². The molecule has 4 aliphatic rings. The van der Waals surface area contributed by atoms with Gasteiger partial charge in [0.15, 0.2) is 0 Å². The van der Waals surface area contributed by atoms with E-state index < -0.39 is 0 Å². The van der Waals surface area contributed by atoms with Gasteiger partial charge in [-0.3, -0.25) is 0 Å². The third-order valence-electron chi connectivity index (χ3n) is 5.41. The van der Waals surface area contributed by atoms with Crippen LogP contribution in [0.3, 0.4) is 0 Å². The zero-order valence-electron chi connectivity index (χ0n) is 10.6. The maximum atomic E-state index is 4.11. The highest BCUT2D eigenvalue weighted by Crippen LogP contribution is 2.74. The Hall–Kier alpha value is 0.960. The molecule has 0 nitrogen and oxygen atoms in total. The van der Waals surface area contributed by atoms with Gasteiger partial charge in [0.2, 0.25) is 0 Å². The molecule has 3 unspecified atom stereocenters. The lowest BCUT2D eigenvalue weighted by atomic mass is 9.40. The fourth-order valence-electron chi connectivity index (χ4n) is 6.06. The zero-order valence-corrected chi connectivity index (χ0v) is 13.7. The Morgan fingerprint density at radius 1 is 0.875 bits per heavy atom. The largest absolute Gasteiger partial charge is 0.0888 e. The van der Waals surface area contributed by atoms with Crippen molar-refractivity contribution in [1.29, 1.82) is 0 Å². The van der Waals surface area contributed by atoms with Crippen LogP contribution in [0.5, 0.6) is 0 Å². The second-order valence-corrected chi connectivity index (χ2v) is 10.9. The molecule has 92 valence electrons. The minimum atomic E-state index is 0.452. The van der Waals surface area contributed by atoms with Gasteiger partial charge in [-0.1, -0.05) is 52.6 Å². The molecule has 4 bridgehead atoms. The number of hydrogen-bond acceptors (Lipinski definition) is 0. The van der Waals surface area contributed by atoms with E-state index in [2.05, 4.69) is 52.6 Å². The summed E-state index contributed by atoms with van der Waals surface area (Å²) in [6.07, 6.45) is 8.52. The van der Waals surface area contributed by atoms with E-state index in [1.807, 2.05) is 0 Å². The standard InChI is InChI=1S/C14H22Br2/c1-10(15)13-5-11(2)4-12(3,6-13)8-14(16,7-11)9-13/h10H,4-9H2,1-3H3. The molecule has 0 aromatic rings. The number of rotatable bonds is 1. The van der Waals surface area contributed by atoms with E-state index in [9.17, 15) is 0 Å². The predicted octanol–water partition coefficient (Wildman–Crippen LogP) is 5.28. The fraction of sp³-hybridized carbons (Fsp3) is 1.00. The predicted molar refractivity (Wildman–Crippen MR) is 76.4 cm³/mol. The Kier molecular flexibility index (Phi) is 2.33. The fourth-order valence-corrected chi connectivity index (χ4v) is 8.46. The van der Waals surface area contributed by atoms with E-state index in [1.165, 1.54) is 38.5 Å². The van der Waals surface area contributed by atoms with Gasteiger partial charge in [0, 0.05) is 9.15 Å². The molecule has 16 heavy (non-hydrogen) atoms. The van der Waals surface area contributed by atoms with Gasteiger partial charge in [0.05, 0.1) is 0 Å². The quantitative estimate of drug-likeness (QED) is 0.564. The zero-order chi connectivity index (χ0) is 11.8. The molecule has 0 saturated heterocycles. The normalized spacial score (nSPS) is 61.3. The molecule has 4 aliphatic carbocycles. The van der Waals surface area contributed by atoms with E-state index in [0.717, 1.165) is 0 Å². The maximum Gasteiger partial charge on any atom is 0.0274 e. The molecule has 0 spiro atoms. The first-order valence-corrected chi connectivity index (χ1v) is 8.22. The Balaban J connectivity index is 2.07. The number of alkyl halides is 2. The molecule has 0 aromatic carbocycles. The molecular weight excluding hydrogens is 328 g/mol. The Labute approximate surface area is 116 Å². The number of halogens is 2. The van der Waals surface area contributed by atoms with E-state index in [1.54, 1.807) is 0 Å². The molecule has 4 fully saturated rings. The van der Waals surface area contributed by atoms with Crippen molar-refractivity contribution >= 4 is 31.9 Å². The number of hydrogen-bond donors (Lipinski definition) is 0. The van der Waals surface area contributed by atoms with Crippen molar-refractivity contribution in [1.82, 2.24) is 0 Å². The van der Waals surface area contributed by atoms with Gasteiger partial charge < -0.3 is 0 Å². The Bertz CT molecular complexity index is 280. The molecule has 0 aromatic heterocycles. The summed E-state index contributed by atoms with van der Waals surface area (Å²) in [5.41, 5.74) is 1.74. The van der Waals surface area contributed by atoms with Crippen molar-refractivity contribution in [2.24, 2.45) is 16.2 Å². The lowest BCUT2D eigenvalue weighted by Gasteiger charge is -2.69. The molecule has 3 atom stereocenters. The second-order valence-electron chi connectivity index (χ2n) is 7.81. The van der Waals surface area contributed by atoms with Gasteiger partial charge in [-0.25, -0.2) is 0 Å². The summed E-state index contributed by atoms with van der Waals surface area (Å²) < 4.78 is 0.452. The van der Waals surface area contributed by atoms with Crippen molar-refractivity contribution in [3.8, 4) is 0 Å². The highest BCUT2D eigenvalue weighted by molar-refractivity contribution is 9.10. The smallest absolute Gasteiger partial charge is 0.0274 e. The molecule has 4 rings (SSSR count). The monoisotopic (exact) mass is 348 g/mol. The molecule has 0 radical (unpaired) electrons. The molecule has 4 saturated carbocycles. The van der Waals surface area contributed by atoms with Crippen LogP contribution < -0.4 is 0 Å². The highest BCUT2D eigenvalue weighted by Gasteiger charge is 2.65. The van der Waals surface area contributed by atoms with Crippen molar-refractivity contribution in [3.63, 3.8) is 0 Å². The van der Waals surface area contributed by atoms with E-state index in [-0.39, 0.29) is 0 Å². The van der Waals surface area contributed by atoms with E-state index in [4.69, 9.17) is 0 Å².